The molecule has 21 heavy (non-hydrogen) atoms. The molecule has 0 aliphatic heterocycles. The van der Waals surface area contributed by atoms with Gasteiger partial charge in [-0.25, -0.2) is 8.42 Å². The van der Waals surface area contributed by atoms with Crippen molar-refractivity contribution in [3.05, 3.63) is 24.3 Å². The molecule has 0 radical (unpaired) electrons. The normalized spacial score (nSPS) is 13.6. The molecular formula is C14H21NO5S. The van der Waals surface area contributed by atoms with Crippen LogP contribution in [-0.4, -0.2) is 33.1 Å². The highest BCUT2D eigenvalue weighted by Crippen LogP contribution is 2.17. The Morgan fingerprint density at radius 2 is 1.90 bits per heavy atom. The predicted molar refractivity (Wildman–Crippen MR) is 78.6 cm³/mol. The number of rotatable bonds is 5. The van der Waals surface area contributed by atoms with Gasteiger partial charge in [0.1, 0.15) is 17.4 Å². The summed E-state index contributed by atoms with van der Waals surface area (Å²) in [6.45, 7) is 6.59. The van der Waals surface area contributed by atoms with Crippen LogP contribution in [0.2, 0.25) is 0 Å². The molecule has 0 aliphatic carbocycles. The van der Waals surface area contributed by atoms with Gasteiger partial charge in [-0.1, -0.05) is 6.07 Å². The van der Waals surface area contributed by atoms with Crippen molar-refractivity contribution in [2.24, 2.45) is 0 Å². The third-order valence-electron chi connectivity index (χ3n) is 2.44. The van der Waals surface area contributed by atoms with E-state index in [0.717, 1.165) is 0 Å². The van der Waals surface area contributed by atoms with E-state index < -0.39 is 27.6 Å². The fraction of sp³-hybridized carbons (Fsp3) is 0.500. The zero-order chi connectivity index (χ0) is 16.3. The lowest BCUT2D eigenvalue weighted by Crippen LogP contribution is -2.42. The molecule has 1 atom stereocenters. The van der Waals surface area contributed by atoms with E-state index in [1.165, 1.54) is 26.2 Å². The number of hydrogen-bond acceptors (Lipinski definition) is 5. The highest BCUT2D eigenvalue weighted by molar-refractivity contribution is 7.89. The molecule has 1 N–H and O–H groups in total. The molecule has 1 aromatic carbocycles. The molecule has 0 bridgehead atoms. The predicted octanol–water partition coefficient (Wildman–Crippen LogP) is 1.70. The van der Waals surface area contributed by atoms with Gasteiger partial charge in [0, 0.05) is 6.07 Å². The van der Waals surface area contributed by atoms with Crippen LogP contribution in [0.5, 0.6) is 5.75 Å². The summed E-state index contributed by atoms with van der Waals surface area (Å²) >= 11 is 0. The van der Waals surface area contributed by atoms with Gasteiger partial charge in [0.25, 0.3) is 0 Å². The highest BCUT2D eigenvalue weighted by atomic mass is 32.2. The highest BCUT2D eigenvalue weighted by Gasteiger charge is 2.26. The molecule has 6 nitrogen and oxygen atoms in total. The fourth-order valence-corrected chi connectivity index (χ4v) is 2.73. The van der Waals surface area contributed by atoms with Gasteiger partial charge in [0.15, 0.2) is 0 Å². The van der Waals surface area contributed by atoms with Crippen LogP contribution in [0.3, 0.4) is 0 Å². The average molecular weight is 315 g/mol. The Balaban J connectivity index is 2.87. The number of methoxy groups -OCH3 is 1. The minimum absolute atomic E-state index is 0.0252. The Labute approximate surface area is 125 Å². The summed E-state index contributed by atoms with van der Waals surface area (Å²) in [4.78, 5) is 11.8. The second-order valence-corrected chi connectivity index (χ2v) is 7.27. The van der Waals surface area contributed by atoms with Crippen molar-refractivity contribution in [2.75, 3.05) is 7.11 Å². The Morgan fingerprint density at radius 1 is 1.29 bits per heavy atom. The van der Waals surface area contributed by atoms with Crippen LogP contribution in [0, 0.1) is 0 Å². The monoisotopic (exact) mass is 315 g/mol. The summed E-state index contributed by atoms with van der Waals surface area (Å²) in [5, 5.41) is 0. The van der Waals surface area contributed by atoms with Crippen molar-refractivity contribution in [1.29, 1.82) is 0 Å². The summed E-state index contributed by atoms with van der Waals surface area (Å²) in [7, 11) is -2.38. The zero-order valence-corrected chi connectivity index (χ0v) is 13.7. The standard InChI is InChI=1S/C14H21NO5S/c1-10(13(16)20-14(2,3)4)15-21(17,18)12-8-6-7-11(9-12)19-5/h6-10,15H,1-5H3/t10-/m0/s1. The van der Waals surface area contributed by atoms with E-state index in [1.54, 1.807) is 32.9 Å². The van der Waals surface area contributed by atoms with Gasteiger partial charge in [0.05, 0.1) is 12.0 Å². The zero-order valence-electron chi connectivity index (χ0n) is 12.8. The molecule has 0 heterocycles. The maximum absolute atomic E-state index is 12.2. The number of carbonyl (C=O) groups excluding carboxylic acids is 1. The molecule has 0 amide bonds. The van der Waals surface area contributed by atoms with Crippen molar-refractivity contribution in [1.82, 2.24) is 4.72 Å². The quantitative estimate of drug-likeness (QED) is 0.836. The smallest absolute Gasteiger partial charge is 0.324 e. The number of nitrogens with one attached hydrogen (secondary N) is 1. The van der Waals surface area contributed by atoms with Crippen molar-refractivity contribution >= 4 is 16.0 Å². The first-order valence-electron chi connectivity index (χ1n) is 6.44. The first-order chi connectivity index (χ1) is 9.55. The first-order valence-corrected chi connectivity index (χ1v) is 7.93. The van der Waals surface area contributed by atoms with E-state index in [4.69, 9.17) is 9.47 Å². The van der Waals surface area contributed by atoms with Crippen molar-refractivity contribution in [3.63, 3.8) is 0 Å². The van der Waals surface area contributed by atoms with Gasteiger partial charge in [-0.05, 0) is 39.8 Å². The lowest BCUT2D eigenvalue weighted by molar-refractivity contribution is -0.156. The van der Waals surface area contributed by atoms with E-state index in [2.05, 4.69) is 4.72 Å². The van der Waals surface area contributed by atoms with Crippen LogP contribution in [0.25, 0.3) is 0 Å². The summed E-state index contributed by atoms with van der Waals surface area (Å²) in [5.74, 6) is -0.211. The SMILES string of the molecule is COc1cccc(S(=O)(=O)N[C@@H](C)C(=O)OC(C)(C)C)c1. The van der Waals surface area contributed by atoms with Crippen LogP contribution in [-0.2, 0) is 19.6 Å². The number of sulfonamides is 1. The molecule has 0 aliphatic rings. The Morgan fingerprint density at radius 3 is 2.43 bits per heavy atom. The van der Waals surface area contributed by atoms with E-state index in [9.17, 15) is 13.2 Å². The van der Waals surface area contributed by atoms with Gasteiger partial charge in [-0.15, -0.1) is 0 Å². The number of benzene rings is 1. The number of hydrogen-bond donors (Lipinski definition) is 1. The van der Waals surface area contributed by atoms with E-state index >= 15 is 0 Å². The van der Waals surface area contributed by atoms with Gasteiger partial charge in [0.2, 0.25) is 10.0 Å². The van der Waals surface area contributed by atoms with Crippen molar-refractivity contribution in [2.45, 2.75) is 44.2 Å². The minimum Gasteiger partial charge on any atom is -0.497 e. The number of carbonyl (C=O) groups is 1. The third-order valence-corrected chi connectivity index (χ3v) is 3.98. The molecule has 118 valence electrons. The Kier molecular flexibility index (Phi) is 5.36. The molecule has 7 heteroatoms. The number of ether oxygens (including phenoxy) is 2. The average Bonchev–Trinajstić information content (AvgIpc) is 2.36. The van der Waals surface area contributed by atoms with Crippen molar-refractivity contribution in [3.8, 4) is 5.75 Å². The second kappa shape index (κ2) is 6.44. The van der Waals surface area contributed by atoms with E-state index in [-0.39, 0.29) is 4.90 Å². The van der Waals surface area contributed by atoms with Crippen LogP contribution >= 0.6 is 0 Å². The second-order valence-electron chi connectivity index (χ2n) is 5.56. The number of esters is 1. The Bertz CT molecular complexity index is 604. The summed E-state index contributed by atoms with van der Waals surface area (Å²) in [6, 6.07) is 5.01. The molecule has 0 unspecified atom stereocenters. The molecule has 0 aromatic heterocycles. The van der Waals surface area contributed by atoms with Gasteiger partial charge >= 0.3 is 5.97 Å². The topological polar surface area (TPSA) is 81.7 Å². The maximum Gasteiger partial charge on any atom is 0.324 e. The van der Waals surface area contributed by atoms with Gasteiger partial charge < -0.3 is 9.47 Å². The molecular weight excluding hydrogens is 294 g/mol. The lowest BCUT2D eigenvalue weighted by Gasteiger charge is -2.22. The molecule has 0 saturated heterocycles. The van der Waals surface area contributed by atoms with Gasteiger partial charge in [-0.2, -0.15) is 4.72 Å². The largest absolute Gasteiger partial charge is 0.497 e. The lowest BCUT2D eigenvalue weighted by atomic mass is 10.2. The molecule has 1 rings (SSSR count). The van der Waals surface area contributed by atoms with E-state index in [0.29, 0.717) is 5.75 Å². The third kappa shape index (κ3) is 5.35. The minimum atomic E-state index is -3.82. The molecule has 0 saturated carbocycles. The van der Waals surface area contributed by atoms with Gasteiger partial charge in [-0.3, -0.25) is 4.79 Å². The molecule has 0 spiro atoms. The first kappa shape index (κ1) is 17.5. The van der Waals surface area contributed by atoms with Crippen LogP contribution < -0.4 is 9.46 Å². The summed E-state index contributed by atoms with van der Waals surface area (Å²) in [5.41, 5.74) is -0.674. The maximum atomic E-state index is 12.2. The molecule has 0 fully saturated rings. The fourth-order valence-electron chi connectivity index (χ4n) is 1.51. The van der Waals surface area contributed by atoms with E-state index in [1.807, 2.05) is 0 Å². The Hall–Kier alpha value is -1.60. The summed E-state index contributed by atoms with van der Waals surface area (Å²) in [6.07, 6.45) is 0. The summed E-state index contributed by atoms with van der Waals surface area (Å²) < 4.78 is 36.8. The van der Waals surface area contributed by atoms with Crippen LogP contribution in [0.15, 0.2) is 29.2 Å². The molecule has 1 aromatic rings. The van der Waals surface area contributed by atoms with Crippen molar-refractivity contribution < 1.29 is 22.7 Å². The van der Waals surface area contributed by atoms with Crippen LogP contribution in [0.1, 0.15) is 27.7 Å². The van der Waals surface area contributed by atoms with Crippen LogP contribution in [0.4, 0.5) is 0 Å².